The number of hydrogen-bond donors (Lipinski definition) is 2. The SMILES string of the molecule is CC(O)=C1C2=NC(=CC3=NC(=Cc4ccc([nH]4)C=C4C=CC1=N4)c1ccccc13)C=C2. The number of H-pyrrole nitrogens is 1. The summed E-state index contributed by atoms with van der Waals surface area (Å²) < 4.78 is 0. The van der Waals surface area contributed by atoms with E-state index in [-0.39, 0.29) is 5.76 Å². The molecule has 2 aromatic rings. The maximum Gasteiger partial charge on any atom is 0.101 e. The summed E-state index contributed by atoms with van der Waals surface area (Å²) in [4.78, 5) is 17.8. The zero-order valence-electron chi connectivity index (χ0n) is 16.8. The minimum atomic E-state index is 0.186. The van der Waals surface area contributed by atoms with E-state index in [1.165, 1.54) is 0 Å². The van der Waals surface area contributed by atoms with Gasteiger partial charge in [-0.1, -0.05) is 24.3 Å². The molecule has 0 radical (unpaired) electrons. The van der Waals surface area contributed by atoms with Crippen LogP contribution in [0.3, 0.4) is 0 Å². The summed E-state index contributed by atoms with van der Waals surface area (Å²) in [5, 5.41) is 10.4. The van der Waals surface area contributed by atoms with Crippen LogP contribution in [-0.4, -0.2) is 27.2 Å². The van der Waals surface area contributed by atoms with E-state index in [1.807, 2.05) is 60.7 Å². The third kappa shape index (κ3) is 2.99. The number of nitrogens with one attached hydrogen (secondary N) is 1. The van der Waals surface area contributed by atoms with Crippen LogP contribution < -0.4 is 0 Å². The molecule has 6 rings (SSSR count). The lowest BCUT2D eigenvalue weighted by Gasteiger charge is -2.05. The number of allylic oxidation sites excluding steroid dienone is 7. The minimum absolute atomic E-state index is 0.186. The molecular formula is C26H18N4O. The second-order valence-corrected chi connectivity index (χ2v) is 7.70. The van der Waals surface area contributed by atoms with E-state index in [1.54, 1.807) is 6.92 Å². The molecule has 8 bridgehead atoms. The van der Waals surface area contributed by atoms with Crippen LogP contribution in [0, 0.1) is 0 Å². The molecular weight excluding hydrogens is 384 g/mol. The number of aliphatic hydroxyl groups is 1. The van der Waals surface area contributed by atoms with E-state index in [9.17, 15) is 5.11 Å². The number of benzene rings is 1. The Morgan fingerprint density at radius 2 is 1.35 bits per heavy atom. The lowest BCUT2D eigenvalue weighted by Crippen LogP contribution is -2.09. The summed E-state index contributed by atoms with van der Waals surface area (Å²) in [6, 6.07) is 12.3. The van der Waals surface area contributed by atoms with Crippen LogP contribution in [0.1, 0.15) is 29.4 Å². The van der Waals surface area contributed by atoms with Crippen LogP contribution in [0.2, 0.25) is 0 Å². The number of hydrogen-bond acceptors (Lipinski definition) is 4. The maximum atomic E-state index is 10.4. The summed E-state index contributed by atoms with van der Waals surface area (Å²) in [5.41, 5.74) is 9.50. The molecule has 0 saturated heterocycles. The normalized spacial score (nSPS) is 19.9. The molecule has 5 nitrogen and oxygen atoms in total. The molecule has 0 spiro atoms. The fourth-order valence-electron chi connectivity index (χ4n) is 4.14. The Labute approximate surface area is 179 Å². The lowest BCUT2D eigenvalue weighted by atomic mass is 10.0. The molecule has 4 aliphatic heterocycles. The Morgan fingerprint density at radius 1 is 0.710 bits per heavy atom. The largest absolute Gasteiger partial charge is 0.512 e. The molecule has 148 valence electrons. The van der Waals surface area contributed by atoms with Crippen molar-refractivity contribution in [3.8, 4) is 0 Å². The van der Waals surface area contributed by atoms with Crippen molar-refractivity contribution in [1.29, 1.82) is 0 Å². The van der Waals surface area contributed by atoms with Gasteiger partial charge >= 0.3 is 0 Å². The smallest absolute Gasteiger partial charge is 0.101 e. The van der Waals surface area contributed by atoms with Crippen LogP contribution in [-0.2, 0) is 0 Å². The first kappa shape index (κ1) is 17.6. The van der Waals surface area contributed by atoms with E-state index in [0.29, 0.717) is 17.0 Å². The van der Waals surface area contributed by atoms with Gasteiger partial charge in [-0.05, 0) is 61.6 Å². The van der Waals surface area contributed by atoms with E-state index in [0.717, 1.165) is 45.3 Å². The molecule has 5 heterocycles. The fourth-order valence-corrected chi connectivity index (χ4v) is 4.14. The maximum absolute atomic E-state index is 10.4. The van der Waals surface area contributed by atoms with Crippen LogP contribution in [0.5, 0.6) is 0 Å². The fraction of sp³-hybridized carbons (Fsp3) is 0.0385. The van der Waals surface area contributed by atoms with Gasteiger partial charge in [0.25, 0.3) is 0 Å². The van der Waals surface area contributed by atoms with Crippen LogP contribution in [0.25, 0.3) is 17.8 Å². The number of aromatic nitrogens is 1. The monoisotopic (exact) mass is 402 g/mol. The van der Waals surface area contributed by atoms with Crippen molar-refractivity contribution in [3.63, 3.8) is 0 Å². The Bertz CT molecular complexity index is 1430. The zero-order chi connectivity index (χ0) is 20.9. The molecule has 1 aromatic heterocycles. The average Bonchev–Trinajstić information content (AvgIpc) is 3.53. The number of rotatable bonds is 0. The Hall–Kier alpha value is -4.25. The van der Waals surface area contributed by atoms with Gasteiger partial charge in [0.15, 0.2) is 0 Å². The van der Waals surface area contributed by atoms with Crippen LogP contribution >= 0.6 is 0 Å². The van der Waals surface area contributed by atoms with Crippen molar-refractivity contribution in [1.82, 2.24) is 4.98 Å². The van der Waals surface area contributed by atoms with E-state index < -0.39 is 0 Å². The molecule has 0 fully saturated rings. The quantitative estimate of drug-likeness (QED) is 0.568. The van der Waals surface area contributed by atoms with Gasteiger partial charge in [0.1, 0.15) is 5.76 Å². The van der Waals surface area contributed by atoms with Gasteiger partial charge in [-0.15, -0.1) is 0 Å². The highest BCUT2D eigenvalue weighted by atomic mass is 16.3. The summed E-state index contributed by atoms with van der Waals surface area (Å²) in [6.07, 6.45) is 13.7. The highest BCUT2D eigenvalue weighted by Crippen LogP contribution is 2.32. The predicted molar refractivity (Wildman–Crippen MR) is 126 cm³/mol. The van der Waals surface area contributed by atoms with Crippen molar-refractivity contribution in [2.45, 2.75) is 6.92 Å². The van der Waals surface area contributed by atoms with Gasteiger partial charge in [-0.2, -0.15) is 0 Å². The van der Waals surface area contributed by atoms with Crippen LogP contribution in [0.4, 0.5) is 0 Å². The molecule has 2 N–H and O–H groups in total. The van der Waals surface area contributed by atoms with Crippen molar-refractivity contribution >= 4 is 35.0 Å². The second kappa shape index (κ2) is 6.64. The summed E-state index contributed by atoms with van der Waals surface area (Å²) in [7, 11) is 0. The first-order valence-electron chi connectivity index (χ1n) is 10.1. The zero-order valence-corrected chi connectivity index (χ0v) is 16.8. The van der Waals surface area contributed by atoms with Gasteiger partial charge in [0, 0.05) is 22.5 Å². The van der Waals surface area contributed by atoms with Gasteiger partial charge in [-0.3, -0.25) is 0 Å². The molecule has 1 aromatic carbocycles. The van der Waals surface area contributed by atoms with Crippen LogP contribution in [0.15, 0.2) is 104 Å². The summed E-state index contributed by atoms with van der Waals surface area (Å²) in [5.74, 6) is 0.186. The number of aliphatic imine (C=N–C) groups is 3. The highest BCUT2D eigenvalue weighted by molar-refractivity contribution is 6.33. The van der Waals surface area contributed by atoms with Gasteiger partial charge < -0.3 is 10.1 Å². The first-order chi connectivity index (χ1) is 15.1. The molecule has 0 amide bonds. The Kier molecular flexibility index (Phi) is 3.77. The summed E-state index contributed by atoms with van der Waals surface area (Å²) in [6.45, 7) is 1.66. The average molecular weight is 402 g/mol. The van der Waals surface area contributed by atoms with Gasteiger partial charge in [0.2, 0.25) is 0 Å². The number of aromatic amines is 1. The number of aliphatic hydroxyl groups excluding tert-OH is 1. The summed E-state index contributed by atoms with van der Waals surface area (Å²) >= 11 is 0. The molecule has 4 aliphatic rings. The Morgan fingerprint density at radius 3 is 2.06 bits per heavy atom. The Balaban J connectivity index is 1.59. The molecule has 0 atom stereocenters. The molecule has 31 heavy (non-hydrogen) atoms. The molecule has 0 unspecified atom stereocenters. The van der Waals surface area contributed by atoms with Crippen molar-refractivity contribution in [2.75, 3.05) is 0 Å². The van der Waals surface area contributed by atoms with Crippen molar-refractivity contribution in [3.05, 3.63) is 112 Å². The van der Waals surface area contributed by atoms with Crippen molar-refractivity contribution < 1.29 is 5.11 Å². The van der Waals surface area contributed by atoms with E-state index >= 15 is 0 Å². The number of nitrogens with zero attached hydrogens (tertiary/aromatic N) is 3. The van der Waals surface area contributed by atoms with Gasteiger partial charge in [-0.25, -0.2) is 15.0 Å². The highest BCUT2D eigenvalue weighted by Gasteiger charge is 2.22. The van der Waals surface area contributed by atoms with Crippen molar-refractivity contribution in [2.24, 2.45) is 15.0 Å². The minimum Gasteiger partial charge on any atom is -0.512 e. The third-order valence-electron chi connectivity index (χ3n) is 5.53. The molecule has 5 heteroatoms. The molecule has 0 saturated carbocycles. The third-order valence-corrected chi connectivity index (χ3v) is 5.53. The first-order valence-corrected chi connectivity index (χ1v) is 10.1. The standard InChI is InChI=1S/C26H18N4O/c1-15(31)26-22-10-8-17(28-22)12-16-6-7-18(27-16)13-24-20-4-2-3-5-21(20)25(30-24)14-19-9-11-23(26)29-19/h2-14,27,31H,1H3. The second-order valence-electron chi connectivity index (χ2n) is 7.70. The predicted octanol–water partition coefficient (Wildman–Crippen LogP) is 5.41. The molecule has 0 aliphatic carbocycles. The number of fused-ring (bicyclic) bond motifs is 8. The lowest BCUT2D eigenvalue weighted by molar-refractivity contribution is 0.413. The van der Waals surface area contributed by atoms with E-state index in [4.69, 9.17) is 15.0 Å². The topological polar surface area (TPSA) is 73.1 Å². The van der Waals surface area contributed by atoms with Gasteiger partial charge in [0.05, 0.1) is 39.8 Å². The van der Waals surface area contributed by atoms with E-state index in [2.05, 4.69) is 23.2 Å².